The topological polar surface area (TPSA) is 42.7 Å². The molecule has 2 rings (SSSR count). The molecular formula is C16H24N4S. The molecule has 0 aliphatic heterocycles. The molecule has 4 nitrogen and oxygen atoms in total. The van der Waals surface area contributed by atoms with E-state index in [4.69, 9.17) is 0 Å². The lowest BCUT2D eigenvalue weighted by Gasteiger charge is -2.08. The Hall–Kier alpha value is -1.33. The summed E-state index contributed by atoms with van der Waals surface area (Å²) in [5.41, 5.74) is 1.32. The van der Waals surface area contributed by atoms with Crippen LogP contribution in [0.4, 0.5) is 0 Å². The fourth-order valence-electron chi connectivity index (χ4n) is 2.02. The van der Waals surface area contributed by atoms with E-state index in [9.17, 15) is 0 Å². The Morgan fingerprint density at radius 1 is 1.24 bits per heavy atom. The van der Waals surface area contributed by atoms with Gasteiger partial charge < -0.3 is 5.32 Å². The smallest absolute Gasteiger partial charge is 0.138 e. The molecule has 0 unspecified atom stereocenters. The minimum absolute atomic E-state index is 0.584. The van der Waals surface area contributed by atoms with E-state index in [1.165, 1.54) is 10.5 Å². The number of hydrogen-bond donors (Lipinski definition) is 1. The van der Waals surface area contributed by atoms with Crippen LogP contribution in [0.15, 0.2) is 35.5 Å². The minimum Gasteiger partial charge on any atom is -0.313 e. The molecule has 1 N–H and O–H groups in total. The van der Waals surface area contributed by atoms with Gasteiger partial charge in [-0.05, 0) is 30.2 Å². The SMILES string of the molecule is CCNCc1ccc(SCc2ncnn2CC(C)C)cc1. The molecule has 114 valence electrons. The van der Waals surface area contributed by atoms with Crippen LogP contribution in [0.2, 0.25) is 0 Å². The van der Waals surface area contributed by atoms with Crippen LogP contribution in [0.25, 0.3) is 0 Å². The van der Waals surface area contributed by atoms with Gasteiger partial charge in [0.2, 0.25) is 0 Å². The molecule has 0 aliphatic rings. The molecule has 0 aliphatic carbocycles. The number of nitrogens with one attached hydrogen (secondary N) is 1. The number of thioether (sulfide) groups is 1. The minimum atomic E-state index is 0.584. The summed E-state index contributed by atoms with van der Waals surface area (Å²) in [4.78, 5) is 5.64. The second-order valence-corrected chi connectivity index (χ2v) is 6.51. The first-order valence-corrected chi connectivity index (χ1v) is 8.46. The monoisotopic (exact) mass is 304 g/mol. The summed E-state index contributed by atoms with van der Waals surface area (Å²) < 4.78 is 2.01. The van der Waals surface area contributed by atoms with Crippen LogP contribution >= 0.6 is 11.8 Å². The van der Waals surface area contributed by atoms with Crippen LogP contribution in [-0.4, -0.2) is 21.3 Å². The van der Waals surface area contributed by atoms with Crippen LogP contribution in [-0.2, 0) is 18.8 Å². The number of aromatic nitrogens is 3. The average Bonchev–Trinajstić information content (AvgIpc) is 2.90. The van der Waals surface area contributed by atoms with Crippen LogP contribution in [0.5, 0.6) is 0 Å². The van der Waals surface area contributed by atoms with Gasteiger partial charge in [0.25, 0.3) is 0 Å². The van der Waals surface area contributed by atoms with E-state index < -0.39 is 0 Å². The quantitative estimate of drug-likeness (QED) is 0.760. The summed E-state index contributed by atoms with van der Waals surface area (Å²) in [6, 6.07) is 8.73. The largest absolute Gasteiger partial charge is 0.313 e. The second-order valence-electron chi connectivity index (χ2n) is 5.47. The normalized spacial score (nSPS) is 11.2. The molecule has 1 heterocycles. The van der Waals surface area contributed by atoms with E-state index in [1.807, 2.05) is 16.4 Å². The third-order valence-electron chi connectivity index (χ3n) is 3.10. The van der Waals surface area contributed by atoms with E-state index in [2.05, 4.69) is 60.4 Å². The van der Waals surface area contributed by atoms with Crippen molar-refractivity contribution in [1.82, 2.24) is 20.1 Å². The lowest BCUT2D eigenvalue weighted by molar-refractivity contribution is 0.472. The van der Waals surface area contributed by atoms with Crippen LogP contribution in [0.1, 0.15) is 32.2 Å². The highest BCUT2D eigenvalue weighted by Gasteiger charge is 2.06. The van der Waals surface area contributed by atoms with Gasteiger partial charge in [-0.2, -0.15) is 5.10 Å². The zero-order valence-electron chi connectivity index (χ0n) is 13.0. The van der Waals surface area contributed by atoms with E-state index in [0.717, 1.165) is 31.2 Å². The van der Waals surface area contributed by atoms with Crippen molar-refractivity contribution >= 4 is 11.8 Å². The van der Waals surface area contributed by atoms with Crippen molar-refractivity contribution in [2.24, 2.45) is 5.92 Å². The van der Waals surface area contributed by atoms with Gasteiger partial charge in [0.15, 0.2) is 0 Å². The van der Waals surface area contributed by atoms with Gasteiger partial charge in [-0.25, -0.2) is 9.67 Å². The van der Waals surface area contributed by atoms with Crippen molar-refractivity contribution in [2.75, 3.05) is 6.54 Å². The first kappa shape index (κ1) is 16.0. The summed E-state index contributed by atoms with van der Waals surface area (Å²) in [5, 5.41) is 7.64. The predicted octanol–water partition coefficient (Wildman–Crippen LogP) is 3.34. The number of hydrogen-bond acceptors (Lipinski definition) is 4. The van der Waals surface area contributed by atoms with Gasteiger partial charge >= 0.3 is 0 Å². The highest BCUT2D eigenvalue weighted by molar-refractivity contribution is 7.98. The van der Waals surface area contributed by atoms with Gasteiger partial charge in [-0.1, -0.05) is 32.9 Å². The average molecular weight is 304 g/mol. The lowest BCUT2D eigenvalue weighted by atomic mass is 10.2. The first-order chi connectivity index (χ1) is 10.2. The van der Waals surface area contributed by atoms with E-state index >= 15 is 0 Å². The summed E-state index contributed by atoms with van der Waals surface area (Å²) in [7, 11) is 0. The van der Waals surface area contributed by atoms with Crippen molar-refractivity contribution in [3.63, 3.8) is 0 Å². The van der Waals surface area contributed by atoms with Crippen LogP contribution in [0, 0.1) is 5.92 Å². The summed E-state index contributed by atoms with van der Waals surface area (Å²) in [6.45, 7) is 9.38. The number of rotatable bonds is 8. The zero-order valence-corrected chi connectivity index (χ0v) is 13.9. The fraction of sp³-hybridized carbons (Fsp3) is 0.500. The molecule has 21 heavy (non-hydrogen) atoms. The van der Waals surface area contributed by atoms with Gasteiger partial charge in [0, 0.05) is 18.0 Å². The second kappa shape index (κ2) is 8.20. The molecule has 0 spiro atoms. The third-order valence-corrected chi connectivity index (χ3v) is 4.11. The standard InChI is InChI=1S/C16H24N4S/c1-4-17-9-14-5-7-15(8-6-14)21-11-16-18-12-19-20(16)10-13(2)3/h5-8,12-13,17H,4,9-11H2,1-3H3. The highest BCUT2D eigenvalue weighted by atomic mass is 32.2. The van der Waals surface area contributed by atoms with Gasteiger partial charge in [0.1, 0.15) is 12.2 Å². The van der Waals surface area contributed by atoms with E-state index in [1.54, 1.807) is 6.33 Å². The lowest BCUT2D eigenvalue weighted by Crippen LogP contribution is -2.11. The van der Waals surface area contributed by atoms with Crippen molar-refractivity contribution in [2.45, 2.75) is 44.5 Å². The van der Waals surface area contributed by atoms with E-state index in [0.29, 0.717) is 5.92 Å². The van der Waals surface area contributed by atoms with E-state index in [-0.39, 0.29) is 0 Å². The molecule has 2 aromatic rings. The Morgan fingerprint density at radius 3 is 2.67 bits per heavy atom. The van der Waals surface area contributed by atoms with Gasteiger partial charge in [0.05, 0.1) is 5.75 Å². The molecule has 0 atom stereocenters. The Morgan fingerprint density at radius 2 is 2.00 bits per heavy atom. The van der Waals surface area contributed by atoms with Crippen molar-refractivity contribution in [3.05, 3.63) is 42.0 Å². The Kier molecular flexibility index (Phi) is 6.26. The van der Waals surface area contributed by atoms with Gasteiger partial charge in [-0.3, -0.25) is 0 Å². The predicted molar refractivity (Wildman–Crippen MR) is 88.2 cm³/mol. The molecule has 0 bridgehead atoms. The molecule has 0 radical (unpaired) electrons. The molecule has 0 saturated carbocycles. The van der Waals surface area contributed by atoms with Gasteiger partial charge in [-0.15, -0.1) is 11.8 Å². The number of nitrogens with zero attached hydrogens (tertiary/aromatic N) is 3. The maximum atomic E-state index is 4.36. The number of benzene rings is 1. The molecule has 0 saturated heterocycles. The van der Waals surface area contributed by atoms with Crippen LogP contribution < -0.4 is 5.32 Å². The molecule has 1 aromatic carbocycles. The van der Waals surface area contributed by atoms with Crippen molar-refractivity contribution in [1.29, 1.82) is 0 Å². The maximum Gasteiger partial charge on any atom is 0.138 e. The molecular weight excluding hydrogens is 280 g/mol. The van der Waals surface area contributed by atoms with Crippen molar-refractivity contribution < 1.29 is 0 Å². The third kappa shape index (κ3) is 5.17. The summed E-state index contributed by atoms with van der Waals surface area (Å²) >= 11 is 1.81. The molecule has 5 heteroatoms. The molecule has 1 aromatic heterocycles. The zero-order chi connectivity index (χ0) is 15.1. The molecule has 0 fully saturated rings. The fourth-order valence-corrected chi connectivity index (χ4v) is 2.87. The Labute approximate surface area is 131 Å². The maximum absolute atomic E-state index is 4.36. The Bertz CT molecular complexity index is 533. The summed E-state index contributed by atoms with van der Waals surface area (Å²) in [6.07, 6.45) is 1.65. The van der Waals surface area contributed by atoms with Crippen molar-refractivity contribution in [3.8, 4) is 0 Å². The Balaban J connectivity index is 1.89. The summed E-state index contributed by atoms with van der Waals surface area (Å²) in [5.74, 6) is 2.49. The molecule has 0 amide bonds. The highest BCUT2D eigenvalue weighted by Crippen LogP contribution is 2.22. The van der Waals surface area contributed by atoms with Crippen LogP contribution in [0.3, 0.4) is 0 Å². The first-order valence-electron chi connectivity index (χ1n) is 7.48.